The first-order valence-electron chi connectivity index (χ1n) is 8.76. The number of esters is 1. The van der Waals surface area contributed by atoms with Crippen molar-refractivity contribution in [3.63, 3.8) is 0 Å². The number of para-hydroxylation sites is 1. The predicted octanol–water partition coefficient (Wildman–Crippen LogP) is 3.22. The van der Waals surface area contributed by atoms with Crippen molar-refractivity contribution in [1.29, 1.82) is 0 Å². The first-order valence-corrected chi connectivity index (χ1v) is 8.76. The molecular formula is C21H26N2O3. The molecule has 0 radical (unpaired) electrons. The van der Waals surface area contributed by atoms with Crippen molar-refractivity contribution in [2.75, 3.05) is 18.9 Å². The Labute approximate surface area is 154 Å². The molecule has 0 aliphatic heterocycles. The summed E-state index contributed by atoms with van der Waals surface area (Å²) in [5, 5.41) is 2.75. The summed E-state index contributed by atoms with van der Waals surface area (Å²) in [5.74, 6) is -0.421. The number of amides is 1. The van der Waals surface area contributed by atoms with Crippen LogP contribution in [-0.4, -0.2) is 25.0 Å². The number of nitrogens with two attached hydrogens (primary N) is 1. The Hall–Kier alpha value is -2.82. The molecule has 2 rings (SSSR count). The minimum atomic E-state index is -0.592. The molecule has 1 amide bonds. The highest BCUT2D eigenvalue weighted by molar-refractivity contribution is 5.96. The molecule has 3 N–H and O–H groups in total. The molecule has 0 saturated carbocycles. The van der Waals surface area contributed by atoms with Crippen LogP contribution in [0, 0.1) is 6.92 Å². The van der Waals surface area contributed by atoms with Gasteiger partial charge >= 0.3 is 5.97 Å². The third-order valence-electron chi connectivity index (χ3n) is 4.26. The fraction of sp³-hybridized carbons (Fsp3) is 0.333. The van der Waals surface area contributed by atoms with Crippen LogP contribution in [0.3, 0.4) is 0 Å². The molecule has 0 fully saturated rings. The van der Waals surface area contributed by atoms with Crippen molar-refractivity contribution in [1.82, 2.24) is 5.32 Å². The van der Waals surface area contributed by atoms with Gasteiger partial charge in [0.2, 0.25) is 0 Å². The number of nitrogens with one attached hydrogen (secondary N) is 1. The van der Waals surface area contributed by atoms with Crippen LogP contribution in [-0.2, 0) is 16.0 Å². The van der Waals surface area contributed by atoms with Crippen molar-refractivity contribution in [3.8, 4) is 0 Å². The standard InChI is InChI=1S/C21H26N2O3/c1-14(2)17-9-7-16(8-10-17)11-12-23-19(24)13-26-21(25)18-6-4-5-15(3)20(18)22/h4-10,14H,11-13,22H2,1-3H3,(H,23,24). The molecule has 26 heavy (non-hydrogen) atoms. The van der Waals surface area contributed by atoms with Gasteiger partial charge in [-0.05, 0) is 42.0 Å². The summed E-state index contributed by atoms with van der Waals surface area (Å²) in [5.41, 5.74) is 9.76. The van der Waals surface area contributed by atoms with Crippen molar-refractivity contribution >= 4 is 17.6 Å². The van der Waals surface area contributed by atoms with Gasteiger partial charge in [-0.1, -0.05) is 50.2 Å². The number of benzene rings is 2. The van der Waals surface area contributed by atoms with E-state index in [2.05, 4.69) is 43.4 Å². The summed E-state index contributed by atoms with van der Waals surface area (Å²) in [6.07, 6.45) is 0.725. The van der Waals surface area contributed by atoms with Gasteiger partial charge in [-0.25, -0.2) is 4.79 Å². The number of carbonyl (C=O) groups is 2. The number of hydrogen-bond acceptors (Lipinski definition) is 4. The van der Waals surface area contributed by atoms with E-state index in [-0.39, 0.29) is 18.1 Å². The number of nitrogen functional groups attached to an aromatic ring is 1. The lowest BCUT2D eigenvalue weighted by Crippen LogP contribution is -2.30. The molecule has 0 aliphatic carbocycles. The summed E-state index contributed by atoms with van der Waals surface area (Å²) in [6, 6.07) is 13.5. The second-order valence-electron chi connectivity index (χ2n) is 6.61. The zero-order valence-electron chi connectivity index (χ0n) is 15.5. The largest absolute Gasteiger partial charge is 0.452 e. The zero-order valence-corrected chi connectivity index (χ0v) is 15.5. The number of hydrogen-bond donors (Lipinski definition) is 2. The van der Waals surface area contributed by atoms with E-state index in [1.165, 1.54) is 5.56 Å². The lowest BCUT2D eigenvalue weighted by atomic mass is 10.0. The Morgan fingerprint density at radius 2 is 1.81 bits per heavy atom. The maximum Gasteiger partial charge on any atom is 0.340 e. The van der Waals surface area contributed by atoms with Crippen LogP contribution < -0.4 is 11.1 Å². The van der Waals surface area contributed by atoms with Crippen LogP contribution in [0.2, 0.25) is 0 Å². The SMILES string of the molecule is Cc1cccc(C(=O)OCC(=O)NCCc2ccc(C(C)C)cc2)c1N. The molecule has 0 atom stereocenters. The van der Waals surface area contributed by atoms with Gasteiger partial charge in [-0.3, -0.25) is 4.79 Å². The molecule has 0 saturated heterocycles. The minimum absolute atomic E-state index is 0.281. The van der Waals surface area contributed by atoms with Crippen LogP contribution >= 0.6 is 0 Å². The average molecular weight is 354 g/mol. The third kappa shape index (κ3) is 5.34. The van der Waals surface area contributed by atoms with Crippen LogP contribution in [0.1, 0.15) is 46.8 Å². The van der Waals surface area contributed by atoms with Crippen LogP contribution in [0.4, 0.5) is 5.69 Å². The third-order valence-corrected chi connectivity index (χ3v) is 4.26. The summed E-state index contributed by atoms with van der Waals surface area (Å²) in [4.78, 5) is 23.9. The molecule has 2 aromatic rings. The van der Waals surface area contributed by atoms with Crippen molar-refractivity contribution < 1.29 is 14.3 Å². The van der Waals surface area contributed by atoms with Crippen molar-refractivity contribution in [2.24, 2.45) is 0 Å². The highest BCUT2D eigenvalue weighted by atomic mass is 16.5. The monoisotopic (exact) mass is 354 g/mol. The Bertz CT molecular complexity index is 767. The molecule has 2 aromatic carbocycles. The van der Waals surface area contributed by atoms with E-state index >= 15 is 0 Å². The van der Waals surface area contributed by atoms with Crippen LogP contribution in [0.25, 0.3) is 0 Å². The molecule has 5 nitrogen and oxygen atoms in total. The number of anilines is 1. The second-order valence-corrected chi connectivity index (χ2v) is 6.61. The number of carbonyl (C=O) groups excluding carboxylic acids is 2. The first-order chi connectivity index (χ1) is 12.4. The Morgan fingerprint density at radius 1 is 1.12 bits per heavy atom. The molecule has 0 bridgehead atoms. The highest BCUT2D eigenvalue weighted by Crippen LogP contribution is 2.17. The summed E-state index contributed by atoms with van der Waals surface area (Å²) < 4.78 is 5.04. The van der Waals surface area contributed by atoms with E-state index < -0.39 is 5.97 Å². The van der Waals surface area contributed by atoms with Gasteiger partial charge in [-0.15, -0.1) is 0 Å². The van der Waals surface area contributed by atoms with Crippen LogP contribution in [0.5, 0.6) is 0 Å². The van der Waals surface area contributed by atoms with Gasteiger partial charge in [0.1, 0.15) is 0 Å². The first kappa shape index (κ1) is 19.5. The van der Waals surface area contributed by atoms with Gasteiger partial charge in [0, 0.05) is 12.2 Å². The topological polar surface area (TPSA) is 81.4 Å². The fourth-order valence-electron chi connectivity index (χ4n) is 2.53. The molecule has 138 valence electrons. The Balaban J connectivity index is 1.75. The molecule has 0 heterocycles. The van der Waals surface area contributed by atoms with Crippen molar-refractivity contribution in [3.05, 3.63) is 64.7 Å². The van der Waals surface area contributed by atoms with Gasteiger partial charge in [0.15, 0.2) is 6.61 Å². The molecule has 0 spiro atoms. The zero-order chi connectivity index (χ0) is 19.1. The molecule has 0 aliphatic rings. The summed E-state index contributed by atoms with van der Waals surface area (Å²) in [7, 11) is 0. The van der Waals surface area contributed by atoms with E-state index in [4.69, 9.17) is 10.5 Å². The summed E-state index contributed by atoms with van der Waals surface area (Å²) >= 11 is 0. The Kier molecular flexibility index (Phi) is 6.78. The molecular weight excluding hydrogens is 328 g/mol. The van der Waals surface area contributed by atoms with Gasteiger partial charge in [-0.2, -0.15) is 0 Å². The molecule has 0 aromatic heterocycles. The Morgan fingerprint density at radius 3 is 2.46 bits per heavy atom. The normalized spacial score (nSPS) is 10.6. The highest BCUT2D eigenvalue weighted by Gasteiger charge is 2.14. The molecule has 5 heteroatoms. The minimum Gasteiger partial charge on any atom is -0.452 e. The van der Waals surface area contributed by atoms with E-state index in [0.717, 1.165) is 17.5 Å². The predicted molar refractivity (Wildman–Crippen MR) is 103 cm³/mol. The average Bonchev–Trinajstić information content (AvgIpc) is 2.62. The maximum absolute atomic E-state index is 12.0. The van der Waals surface area contributed by atoms with E-state index in [0.29, 0.717) is 18.2 Å². The lowest BCUT2D eigenvalue weighted by molar-refractivity contribution is -0.124. The van der Waals surface area contributed by atoms with Gasteiger partial charge < -0.3 is 15.8 Å². The second kappa shape index (κ2) is 9.04. The van der Waals surface area contributed by atoms with E-state index in [9.17, 15) is 9.59 Å². The quantitative estimate of drug-likeness (QED) is 0.591. The maximum atomic E-state index is 12.0. The lowest BCUT2D eigenvalue weighted by Gasteiger charge is -2.10. The van der Waals surface area contributed by atoms with Gasteiger partial charge in [0.25, 0.3) is 5.91 Å². The van der Waals surface area contributed by atoms with Crippen molar-refractivity contribution in [2.45, 2.75) is 33.1 Å². The smallest absolute Gasteiger partial charge is 0.340 e. The fourth-order valence-corrected chi connectivity index (χ4v) is 2.53. The molecule has 0 unspecified atom stereocenters. The number of ether oxygens (including phenoxy) is 1. The van der Waals surface area contributed by atoms with Crippen LogP contribution in [0.15, 0.2) is 42.5 Å². The van der Waals surface area contributed by atoms with E-state index in [1.807, 2.05) is 13.0 Å². The number of rotatable bonds is 7. The summed E-state index contributed by atoms with van der Waals surface area (Å²) in [6.45, 7) is 6.29. The number of aryl methyl sites for hydroxylation is 1. The van der Waals surface area contributed by atoms with Gasteiger partial charge in [0.05, 0.1) is 5.56 Å². The van der Waals surface area contributed by atoms with E-state index in [1.54, 1.807) is 12.1 Å².